The summed E-state index contributed by atoms with van der Waals surface area (Å²) < 4.78 is 151. The highest BCUT2D eigenvalue weighted by Gasteiger charge is 2.46. The minimum atomic E-state index is -5.47. The zero-order chi connectivity index (χ0) is 31.6. The first kappa shape index (κ1) is 33.0. The van der Waals surface area contributed by atoms with Crippen molar-refractivity contribution in [3.8, 4) is 17.2 Å². The Labute approximate surface area is 242 Å². The van der Waals surface area contributed by atoms with Gasteiger partial charge in [0.15, 0.2) is 11.6 Å². The van der Waals surface area contributed by atoms with Crippen molar-refractivity contribution in [1.82, 2.24) is 0 Å². The van der Waals surface area contributed by atoms with Gasteiger partial charge < -0.3 is 14.2 Å². The molecule has 0 heterocycles. The van der Waals surface area contributed by atoms with Crippen LogP contribution in [0.3, 0.4) is 0 Å². The predicted octanol–water partition coefficient (Wildman–Crippen LogP) is 10.5. The van der Waals surface area contributed by atoms with Crippen LogP contribution in [-0.4, -0.2) is 12.5 Å². The molecule has 2 aromatic carbocycles. The van der Waals surface area contributed by atoms with Crippen molar-refractivity contribution < 1.29 is 58.1 Å². The zero-order valence-electron chi connectivity index (χ0n) is 23.3. The van der Waals surface area contributed by atoms with Crippen LogP contribution in [0.4, 0.5) is 43.9 Å². The molecule has 0 atom stereocenters. The van der Waals surface area contributed by atoms with E-state index in [1.807, 2.05) is 0 Å². The maximum absolute atomic E-state index is 15.0. The summed E-state index contributed by atoms with van der Waals surface area (Å²) in [6.45, 7) is 2.17. The average Bonchev–Trinajstić information content (AvgIpc) is 2.90. The quantitative estimate of drug-likeness (QED) is 0.245. The van der Waals surface area contributed by atoms with Gasteiger partial charge in [0.1, 0.15) is 22.9 Å². The van der Waals surface area contributed by atoms with E-state index in [2.05, 4.69) is 16.4 Å². The van der Waals surface area contributed by atoms with Crippen LogP contribution in [0.25, 0.3) is 0 Å². The standard InChI is InChI=1S/C30H32F10O3/c1-2-3-17-4-6-18(7-5-17)19-8-10-20(11-9-19)28(34,35)41-21-12-13-23(24(31)14-21)29(36,37)42-22-15-25(32)27(26(33)16-22)43-30(38,39)40/h12-20H,2-11H2,1H3. The van der Waals surface area contributed by atoms with E-state index in [0.717, 1.165) is 25.2 Å². The van der Waals surface area contributed by atoms with Crippen molar-refractivity contribution in [1.29, 1.82) is 0 Å². The number of ether oxygens (including phenoxy) is 3. The van der Waals surface area contributed by atoms with Gasteiger partial charge in [0.2, 0.25) is 5.75 Å². The summed E-state index contributed by atoms with van der Waals surface area (Å²) >= 11 is 0. The first-order valence-corrected chi connectivity index (χ1v) is 14.3. The van der Waals surface area contributed by atoms with Crippen molar-refractivity contribution in [3.05, 3.63) is 53.3 Å². The van der Waals surface area contributed by atoms with Crippen molar-refractivity contribution in [2.45, 2.75) is 89.7 Å². The molecular weight excluding hydrogens is 598 g/mol. The van der Waals surface area contributed by atoms with Gasteiger partial charge in [-0.1, -0.05) is 32.6 Å². The smallest absolute Gasteiger partial charge is 0.432 e. The molecule has 0 saturated heterocycles. The molecule has 240 valence electrons. The van der Waals surface area contributed by atoms with Gasteiger partial charge in [-0.2, -0.15) is 17.6 Å². The summed E-state index contributed by atoms with van der Waals surface area (Å²) in [4.78, 5) is 0. The fourth-order valence-electron chi connectivity index (χ4n) is 6.33. The molecule has 0 aliphatic heterocycles. The van der Waals surface area contributed by atoms with Crippen molar-refractivity contribution in [2.24, 2.45) is 23.7 Å². The van der Waals surface area contributed by atoms with Crippen molar-refractivity contribution >= 4 is 0 Å². The third-order valence-corrected chi connectivity index (χ3v) is 8.45. The van der Waals surface area contributed by atoms with E-state index in [1.165, 1.54) is 19.3 Å². The third kappa shape index (κ3) is 8.41. The molecule has 0 bridgehead atoms. The summed E-state index contributed by atoms with van der Waals surface area (Å²) in [6.07, 6.45) is -5.19. The number of hydrogen-bond acceptors (Lipinski definition) is 3. The first-order valence-electron chi connectivity index (χ1n) is 14.3. The van der Waals surface area contributed by atoms with E-state index in [4.69, 9.17) is 4.74 Å². The Morgan fingerprint density at radius 2 is 1.19 bits per heavy atom. The maximum atomic E-state index is 15.0. The van der Waals surface area contributed by atoms with E-state index in [9.17, 15) is 43.9 Å². The Balaban J connectivity index is 1.36. The molecule has 13 heteroatoms. The van der Waals surface area contributed by atoms with Gasteiger partial charge in [-0.25, -0.2) is 13.2 Å². The molecular formula is C30H32F10O3. The van der Waals surface area contributed by atoms with Gasteiger partial charge in [0.05, 0.1) is 5.92 Å². The summed E-state index contributed by atoms with van der Waals surface area (Å²) in [5.74, 6) is -9.16. The Morgan fingerprint density at radius 1 is 0.651 bits per heavy atom. The molecule has 0 radical (unpaired) electrons. The number of hydrogen-bond donors (Lipinski definition) is 0. The van der Waals surface area contributed by atoms with E-state index < -0.39 is 64.8 Å². The Morgan fingerprint density at radius 3 is 1.70 bits per heavy atom. The van der Waals surface area contributed by atoms with Crippen molar-refractivity contribution in [3.63, 3.8) is 0 Å². The minimum Gasteiger partial charge on any atom is -0.432 e. The SMILES string of the molecule is CCCC1CCC(C2CCC(C(F)(F)Oc3ccc(C(F)(F)Oc4cc(F)c(OC(F)(F)F)c(F)c4)c(F)c3)CC2)CC1. The van der Waals surface area contributed by atoms with Gasteiger partial charge in [0, 0.05) is 18.2 Å². The lowest BCUT2D eigenvalue weighted by Gasteiger charge is -2.39. The average molecular weight is 631 g/mol. The predicted molar refractivity (Wildman–Crippen MR) is 135 cm³/mol. The fraction of sp³-hybridized carbons (Fsp3) is 0.600. The lowest BCUT2D eigenvalue weighted by Crippen LogP contribution is -2.38. The summed E-state index contributed by atoms with van der Waals surface area (Å²) in [7, 11) is 0. The van der Waals surface area contributed by atoms with Crippen molar-refractivity contribution in [2.75, 3.05) is 0 Å². The number of benzene rings is 2. The van der Waals surface area contributed by atoms with Crippen LogP contribution in [0.5, 0.6) is 17.2 Å². The molecule has 0 unspecified atom stereocenters. The van der Waals surface area contributed by atoms with E-state index >= 15 is 0 Å². The normalized spacial score (nSPS) is 23.6. The number of halogens is 10. The third-order valence-electron chi connectivity index (χ3n) is 8.45. The molecule has 0 spiro atoms. The Bertz CT molecular complexity index is 1210. The van der Waals surface area contributed by atoms with E-state index in [1.54, 1.807) is 0 Å². The second-order valence-corrected chi connectivity index (χ2v) is 11.4. The first-order chi connectivity index (χ1) is 20.1. The Kier molecular flexibility index (Phi) is 10.0. The second-order valence-electron chi connectivity index (χ2n) is 11.4. The molecule has 0 amide bonds. The summed E-state index contributed by atoms with van der Waals surface area (Å²) in [5.41, 5.74) is -1.49. The summed E-state index contributed by atoms with van der Waals surface area (Å²) in [6, 6.07) is 1.36. The van der Waals surface area contributed by atoms with Crippen LogP contribution in [-0.2, 0) is 6.11 Å². The number of rotatable bonds is 10. The molecule has 3 nitrogen and oxygen atoms in total. The van der Waals surface area contributed by atoms with Gasteiger partial charge in [-0.15, -0.1) is 13.2 Å². The van der Waals surface area contributed by atoms with Crippen LogP contribution in [0.15, 0.2) is 30.3 Å². The summed E-state index contributed by atoms with van der Waals surface area (Å²) in [5, 5.41) is 0. The molecule has 43 heavy (non-hydrogen) atoms. The van der Waals surface area contributed by atoms with Gasteiger partial charge >= 0.3 is 18.6 Å². The highest BCUT2D eigenvalue weighted by molar-refractivity contribution is 5.36. The topological polar surface area (TPSA) is 27.7 Å². The number of alkyl halides is 7. The largest absolute Gasteiger partial charge is 0.573 e. The molecule has 2 aliphatic rings. The van der Waals surface area contributed by atoms with Gasteiger partial charge in [-0.05, 0) is 68.4 Å². The van der Waals surface area contributed by atoms with E-state index in [-0.39, 0.29) is 25.0 Å². The van der Waals surface area contributed by atoms with E-state index in [0.29, 0.717) is 42.9 Å². The zero-order valence-corrected chi connectivity index (χ0v) is 23.3. The molecule has 0 aromatic heterocycles. The Hall–Kier alpha value is -2.86. The highest BCUT2D eigenvalue weighted by atomic mass is 19.4. The van der Waals surface area contributed by atoms with Crippen LogP contribution in [0.1, 0.15) is 76.7 Å². The minimum absolute atomic E-state index is 0.0137. The van der Waals surface area contributed by atoms with Gasteiger partial charge in [0.25, 0.3) is 0 Å². The maximum Gasteiger partial charge on any atom is 0.573 e. The molecule has 2 aromatic rings. The van der Waals surface area contributed by atoms with Crippen LogP contribution < -0.4 is 14.2 Å². The second kappa shape index (κ2) is 13.0. The molecule has 2 aliphatic carbocycles. The molecule has 2 saturated carbocycles. The molecule has 0 N–H and O–H groups in total. The molecule has 2 fully saturated rings. The van der Waals surface area contributed by atoms with Crippen LogP contribution in [0, 0.1) is 41.1 Å². The highest BCUT2D eigenvalue weighted by Crippen LogP contribution is 2.46. The molecule has 4 rings (SSSR count). The fourth-order valence-corrected chi connectivity index (χ4v) is 6.33. The monoisotopic (exact) mass is 630 g/mol. The van der Waals surface area contributed by atoms with Crippen LogP contribution >= 0.6 is 0 Å². The van der Waals surface area contributed by atoms with Gasteiger partial charge in [-0.3, -0.25) is 0 Å². The van der Waals surface area contributed by atoms with Crippen LogP contribution in [0.2, 0.25) is 0 Å². The lowest BCUT2D eigenvalue weighted by atomic mass is 9.68. The lowest BCUT2D eigenvalue weighted by molar-refractivity contribution is -0.276.